The van der Waals surface area contributed by atoms with E-state index in [0.29, 0.717) is 11.1 Å². The molecule has 3 aromatic rings. The summed E-state index contributed by atoms with van der Waals surface area (Å²) in [5, 5.41) is 3.63. The molecule has 1 heterocycles. The van der Waals surface area contributed by atoms with Gasteiger partial charge in [-0.1, -0.05) is 42.5 Å². The Morgan fingerprint density at radius 2 is 1.70 bits per heavy atom. The summed E-state index contributed by atoms with van der Waals surface area (Å²) in [5.74, 6) is -0.905. The fourth-order valence-corrected chi connectivity index (χ4v) is 3.27. The van der Waals surface area contributed by atoms with E-state index in [0.717, 1.165) is 16.4 Å². The molecule has 1 amide bonds. The number of aromatic nitrogens is 1. The molecule has 1 N–H and O–H groups in total. The van der Waals surface area contributed by atoms with Crippen LogP contribution in [0.15, 0.2) is 60.8 Å². The van der Waals surface area contributed by atoms with E-state index in [2.05, 4.69) is 10.3 Å². The number of methoxy groups -OCH3 is 1. The summed E-state index contributed by atoms with van der Waals surface area (Å²) in [6.07, 6.45) is 1.91. The fraction of sp³-hybridized carbons (Fsp3) is 0.227. The van der Waals surface area contributed by atoms with Crippen molar-refractivity contribution in [3.63, 3.8) is 0 Å². The third-order valence-electron chi connectivity index (χ3n) is 4.79. The molecular weight excluding hydrogens is 383 g/mol. The largest absolute Gasteiger partial charge is 0.493 e. The van der Waals surface area contributed by atoms with E-state index in [-0.39, 0.29) is 12.3 Å². The van der Waals surface area contributed by atoms with Gasteiger partial charge in [-0.3, -0.25) is 9.78 Å². The molecule has 0 saturated heterocycles. The first-order valence-electron chi connectivity index (χ1n) is 9.44. The fourth-order valence-electron chi connectivity index (χ4n) is 3.27. The van der Waals surface area contributed by atoms with Crippen molar-refractivity contribution in [3.8, 4) is 0 Å². The lowest BCUT2D eigenvalue weighted by atomic mass is 9.78. The van der Waals surface area contributed by atoms with Gasteiger partial charge in [-0.2, -0.15) is 0 Å². The molecule has 0 spiro atoms. The van der Waals surface area contributed by atoms with Crippen molar-refractivity contribution in [2.45, 2.75) is 12.5 Å². The Kier molecular flexibility index (Phi) is 7.16. The highest BCUT2D eigenvalue weighted by Gasteiger charge is 2.24. The number of ether oxygens (including phenoxy) is 1. The number of nitrogens with one attached hydrogen (secondary N) is 1. The summed E-state index contributed by atoms with van der Waals surface area (Å²) in [7, 11) is 3.96. The van der Waals surface area contributed by atoms with Crippen LogP contribution in [0.4, 0.5) is 0 Å². The number of carbonyl (C=O) groups excluding carboxylic acids is 2. The van der Waals surface area contributed by atoms with E-state index < -0.39 is 19.1 Å². The summed E-state index contributed by atoms with van der Waals surface area (Å²) < 4.78 is 15.4. The molecule has 154 valence electrons. The molecule has 2 aromatic carbocycles. The van der Waals surface area contributed by atoms with Crippen LogP contribution in [0.1, 0.15) is 15.9 Å². The van der Waals surface area contributed by atoms with E-state index in [9.17, 15) is 9.59 Å². The topological polar surface area (TPSA) is 86.8 Å². The van der Waals surface area contributed by atoms with Gasteiger partial charge in [0.25, 0.3) is 5.91 Å². The van der Waals surface area contributed by atoms with Gasteiger partial charge in [0.15, 0.2) is 0 Å². The van der Waals surface area contributed by atoms with Gasteiger partial charge in [0.2, 0.25) is 0 Å². The van der Waals surface area contributed by atoms with Crippen molar-refractivity contribution < 1.29 is 23.6 Å². The second-order valence-corrected chi connectivity index (χ2v) is 6.68. The number of para-hydroxylation sites is 1. The van der Waals surface area contributed by atoms with Crippen molar-refractivity contribution in [2.24, 2.45) is 0 Å². The molecule has 8 heteroatoms. The van der Waals surface area contributed by atoms with Gasteiger partial charge in [-0.05, 0) is 23.2 Å². The van der Waals surface area contributed by atoms with Gasteiger partial charge in [0.1, 0.15) is 6.04 Å². The average molecular weight is 406 g/mol. The third-order valence-corrected chi connectivity index (χ3v) is 4.79. The van der Waals surface area contributed by atoms with Crippen LogP contribution < -0.4 is 10.8 Å². The third kappa shape index (κ3) is 4.84. The molecule has 7 nitrogen and oxygen atoms in total. The highest BCUT2D eigenvalue weighted by molar-refractivity contribution is 6.61. The van der Waals surface area contributed by atoms with Crippen LogP contribution in [-0.2, 0) is 25.3 Å². The highest BCUT2D eigenvalue weighted by Crippen LogP contribution is 2.16. The standard InChI is InChI=1S/C22H23BN2O5/c1-28-22(27)19(14-15-9-11-17(12-10-15)23(29-2)30-3)25-21(26)18-8-4-6-16-7-5-13-24-20(16)18/h4-13,19H,14H2,1-3H3,(H,25,26)/t19-/m1/s1. The maximum atomic E-state index is 12.9. The molecule has 0 saturated carbocycles. The van der Waals surface area contributed by atoms with Crippen LogP contribution in [-0.4, -0.2) is 51.4 Å². The second-order valence-electron chi connectivity index (χ2n) is 6.68. The predicted octanol–water partition coefficient (Wildman–Crippen LogP) is 1.74. The number of rotatable bonds is 8. The van der Waals surface area contributed by atoms with E-state index in [1.807, 2.05) is 42.5 Å². The Hall–Kier alpha value is -3.23. The van der Waals surface area contributed by atoms with Crippen molar-refractivity contribution in [1.29, 1.82) is 0 Å². The Morgan fingerprint density at radius 3 is 2.37 bits per heavy atom. The maximum absolute atomic E-state index is 12.9. The van der Waals surface area contributed by atoms with Crippen LogP contribution in [0, 0.1) is 0 Å². The minimum atomic E-state index is -0.840. The molecule has 0 unspecified atom stereocenters. The van der Waals surface area contributed by atoms with E-state index in [1.54, 1.807) is 32.5 Å². The van der Waals surface area contributed by atoms with Crippen LogP contribution in [0.2, 0.25) is 0 Å². The van der Waals surface area contributed by atoms with Gasteiger partial charge in [0, 0.05) is 32.2 Å². The smallest absolute Gasteiger partial charge is 0.467 e. The molecule has 0 aliphatic rings. The van der Waals surface area contributed by atoms with E-state index >= 15 is 0 Å². The van der Waals surface area contributed by atoms with E-state index in [4.69, 9.17) is 14.0 Å². The Morgan fingerprint density at radius 1 is 1.00 bits per heavy atom. The molecule has 1 atom stereocenters. The van der Waals surface area contributed by atoms with Gasteiger partial charge in [-0.25, -0.2) is 4.79 Å². The van der Waals surface area contributed by atoms with Crippen molar-refractivity contribution >= 4 is 35.4 Å². The summed E-state index contributed by atoms with van der Waals surface area (Å²) >= 11 is 0. The summed E-state index contributed by atoms with van der Waals surface area (Å²) in [6, 6.07) is 15.6. The van der Waals surface area contributed by atoms with Gasteiger partial charge >= 0.3 is 13.1 Å². The number of nitrogens with zero attached hydrogens (tertiary/aromatic N) is 1. The highest BCUT2D eigenvalue weighted by atomic mass is 16.6. The van der Waals surface area contributed by atoms with Crippen LogP contribution in [0.3, 0.4) is 0 Å². The first-order valence-corrected chi connectivity index (χ1v) is 9.44. The zero-order chi connectivity index (χ0) is 21.5. The van der Waals surface area contributed by atoms with Crippen LogP contribution in [0.5, 0.6) is 0 Å². The summed E-state index contributed by atoms with van der Waals surface area (Å²) in [5.41, 5.74) is 2.69. The van der Waals surface area contributed by atoms with Crippen LogP contribution in [0.25, 0.3) is 10.9 Å². The number of benzene rings is 2. The van der Waals surface area contributed by atoms with Crippen LogP contribution >= 0.6 is 0 Å². The second kappa shape index (κ2) is 10.0. The first kappa shape index (κ1) is 21.5. The molecule has 0 radical (unpaired) electrons. The molecule has 30 heavy (non-hydrogen) atoms. The zero-order valence-corrected chi connectivity index (χ0v) is 17.1. The van der Waals surface area contributed by atoms with Crippen molar-refractivity contribution in [1.82, 2.24) is 10.3 Å². The number of carbonyl (C=O) groups is 2. The lowest BCUT2D eigenvalue weighted by molar-refractivity contribution is -0.142. The normalized spacial score (nSPS) is 11.7. The molecule has 0 aliphatic heterocycles. The monoisotopic (exact) mass is 406 g/mol. The van der Waals surface area contributed by atoms with Crippen molar-refractivity contribution in [3.05, 3.63) is 71.9 Å². The Balaban J connectivity index is 1.79. The number of pyridine rings is 1. The Bertz CT molecular complexity index is 1020. The van der Waals surface area contributed by atoms with Crippen molar-refractivity contribution in [2.75, 3.05) is 21.3 Å². The molecular formula is C22H23BN2O5. The van der Waals surface area contributed by atoms with Gasteiger partial charge in [-0.15, -0.1) is 0 Å². The van der Waals surface area contributed by atoms with Gasteiger partial charge in [0.05, 0.1) is 18.2 Å². The number of hydrogen-bond donors (Lipinski definition) is 1. The molecule has 0 aliphatic carbocycles. The quantitative estimate of drug-likeness (QED) is 0.453. The number of hydrogen-bond acceptors (Lipinski definition) is 6. The number of fused-ring (bicyclic) bond motifs is 1. The summed E-state index contributed by atoms with van der Waals surface area (Å²) in [4.78, 5) is 29.5. The molecule has 0 bridgehead atoms. The summed E-state index contributed by atoms with van der Waals surface area (Å²) in [6.45, 7) is 0. The zero-order valence-electron chi connectivity index (χ0n) is 17.1. The average Bonchev–Trinajstić information content (AvgIpc) is 2.79. The van der Waals surface area contributed by atoms with Gasteiger partial charge < -0.3 is 19.4 Å². The predicted molar refractivity (Wildman–Crippen MR) is 115 cm³/mol. The molecule has 3 rings (SSSR count). The lowest BCUT2D eigenvalue weighted by Gasteiger charge is -2.17. The molecule has 1 aromatic heterocycles. The minimum Gasteiger partial charge on any atom is -0.467 e. The molecule has 0 fully saturated rings. The minimum absolute atomic E-state index is 0.279. The number of esters is 1. The Labute approximate surface area is 175 Å². The maximum Gasteiger partial charge on any atom is 0.493 e. The SMILES string of the molecule is COB(OC)c1ccc(C[C@@H](NC(=O)c2cccc3cccnc23)C(=O)OC)cc1. The first-order chi connectivity index (χ1) is 14.6. The van der Waals surface area contributed by atoms with E-state index in [1.165, 1.54) is 7.11 Å². The number of amides is 1. The lowest BCUT2D eigenvalue weighted by Crippen LogP contribution is -2.43.